The third kappa shape index (κ3) is 4.37. The highest BCUT2D eigenvalue weighted by Gasteiger charge is 2.31. The molecule has 0 heterocycles. The fraction of sp³-hybridized carbons (Fsp3) is 0.857. The second-order valence-corrected chi connectivity index (χ2v) is 6.22. The molecule has 0 aliphatic heterocycles. The Kier molecular flexibility index (Phi) is 5.80. The number of aliphatic carboxylic acids is 1. The average Bonchev–Trinajstić information content (AvgIpc) is 2.38. The number of hydrogen-bond donors (Lipinski definition) is 4. The predicted molar refractivity (Wildman–Crippen MR) is 75.4 cm³/mol. The molecular weight excluding hydrogens is 260 g/mol. The summed E-state index contributed by atoms with van der Waals surface area (Å²) < 4.78 is 0. The first-order valence-corrected chi connectivity index (χ1v) is 7.21. The van der Waals surface area contributed by atoms with Gasteiger partial charge < -0.3 is 20.8 Å². The van der Waals surface area contributed by atoms with Gasteiger partial charge in [0.05, 0.1) is 18.1 Å². The summed E-state index contributed by atoms with van der Waals surface area (Å²) in [6.07, 6.45) is 2.56. The first-order chi connectivity index (χ1) is 9.28. The highest BCUT2D eigenvalue weighted by molar-refractivity contribution is 5.75. The Morgan fingerprint density at radius 1 is 1.25 bits per heavy atom. The minimum atomic E-state index is -0.749. The topological polar surface area (TPSA) is 98.7 Å². The lowest BCUT2D eigenvalue weighted by atomic mass is 9.86. The predicted octanol–water partition coefficient (Wildman–Crippen LogP) is 1.34. The van der Waals surface area contributed by atoms with Crippen molar-refractivity contribution in [2.45, 2.75) is 58.0 Å². The van der Waals surface area contributed by atoms with E-state index in [9.17, 15) is 14.7 Å². The molecule has 0 bridgehead atoms. The van der Waals surface area contributed by atoms with Gasteiger partial charge in [0.25, 0.3) is 0 Å². The number of carboxylic acids is 1. The van der Waals surface area contributed by atoms with Crippen LogP contribution in [0.4, 0.5) is 4.79 Å². The van der Waals surface area contributed by atoms with Crippen LogP contribution in [0.5, 0.6) is 0 Å². The van der Waals surface area contributed by atoms with Crippen LogP contribution in [0.25, 0.3) is 0 Å². The quantitative estimate of drug-likeness (QED) is 0.613. The smallest absolute Gasteiger partial charge is 0.315 e. The van der Waals surface area contributed by atoms with E-state index in [0.29, 0.717) is 25.7 Å². The van der Waals surface area contributed by atoms with Gasteiger partial charge in [-0.1, -0.05) is 13.8 Å². The van der Waals surface area contributed by atoms with Gasteiger partial charge in [-0.2, -0.15) is 0 Å². The van der Waals surface area contributed by atoms with E-state index in [1.807, 2.05) is 13.8 Å². The molecule has 116 valence electrons. The van der Waals surface area contributed by atoms with Gasteiger partial charge in [-0.15, -0.1) is 0 Å². The summed E-state index contributed by atoms with van der Waals surface area (Å²) in [7, 11) is 0. The van der Waals surface area contributed by atoms with E-state index < -0.39 is 11.5 Å². The maximum Gasteiger partial charge on any atom is 0.315 e. The van der Waals surface area contributed by atoms with Crippen LogP contribution in [-0.4, -0.2) is 40.4 Å². The van der Waals surface area contributed by atoms with Crippen molar-refractivity contribution in [3.05, 3.63) is 0 Å². The highest BCUT2D eigenvalue weighted by Crippen LogP contribution is 2.24. The zero-order valence-corrected chi connectivity index (χ0v) is 12.5. The SMILES string of the molecule is CC(C)C(C)(CO)NC(=O)NC1CCC(C(=O)O)CC1. The van der Waals surface area contributed by atoms with Crippen LogP contribution in [0.15, 0.2) is 0 Å². The summed E-state index contributed by atoms with van der Waals surface area (Å²) in [5.74, 6) is -0.920. The minimum Gasteiger partial charge on any atom is -0.481 e. The molecule has 1 aliphatic rings. The summed E-state index contributed by atoms with van der Waals surface area (Å²) in [5, 5.41) is 24.0. The standard InChI is InChI=1S/C14H26N2O4/c1-9(2)14(3,8-17)16-13(20)15-11-6-4-10(5-7-11)12(18)19/h9-11,17H,4-8H2,1-3H3,(H,18,19)(H2,15,16,20). The molecule has 1 rings (SSSR count). The first kappa shape index (κ1) is 16.8. The number of aliphatic hydroxyl groups excluding tert-OH is 1. The second-order valence-electron chi connectivity index (χ2n) is 6.22. The van der Waals surface area contributed by atoms with Gasteiger partial charge in [-0.25, -0.2) is 4.79 Å². The monoisotopic (exact) mass is 286 g/mol. The van der Waals surface area contributed by atoms with E-state index in [1.165, 1.54) is 0 Å². The Morgan fingerprint density at radius 2 is 1.80 bits per heavy atom. The summed E-state index contributed by atoms with van der Waals surface area (Å²) >= 11 is 0. The number of nitrogens with one attached hydrogen (secondary N) is 2. The van der Waals surface area contributed by atoms with Gasteiger partial charge in [-0.3, -0.25) is 4.79 Å². The van der Waals surface area contributed by atoms with Crippen molar-refractivity contribution >= 4 is 12.0 Å². The van der Waals surface area contributed by atoms with Crippen molar-refractivity contribution in [3.63, 3.8) is 0 Å². The zero-order valence-electron chi connectivity index (χ0n) is 12.5. The van der Waals surface area contributed by atoms with E-state index in [4.69, 9.17) is 5.11 Å². The van der Waals surface area contributed by atoms with Crippen LogP contribution in [-0.2, 0) is 4.79 Å². The van der Waals surface area contributed by atoms with Crippen molar-refractivity contribution in [1.29, 1.82) is 0 Å². The average molecular weight is 286 g/mol. The van der Waals surface area contributed by atoms with Crippen molar-refractivity contribution in [1.82, 2.24) is 10.6 Å². The molecule has 0 saturated heterocycles. The molecule has 20 heavy (non-hydrogen) atoms. The molecule has 0 aromatic rings. The third-order valence-corrected chi connectivity index (χ3v) is 4.41. The molecule has 1 saturated carbocycles. The number of carbonyl (C=O) groups is 2. The summed E-state index contributed by atoms with van der Waals surface area (Å²) in [4.78, 5) is 22.8. The molecule has 0 spiro atoms. The van der Waals surface area contributed by atoms with Gasteiger partial charge in [0.15, 0.2) is 0 Å². The van der Waals surface area contributed by atoms with E-state index >= 15 is 0 Å². The van der Waals surface area contributed by atoms with E-state index in [2.05, 4.69) is 10.6 Å². The number of aliphatic hydroxyl groups is 1. The van der Waals surface area contributed by atoms with Crippen molar-refractivity contribution in [3.8, 4) is 0 Å². The molecule has 6 heteroatoms. The van der Waals surface area contributed by atoms with E-state index in [-0.39, 0.29) is 30.5 Å². The molecular formula is C14H26N2O4. The number of hydrogen-bond acceptors (Lipinski definition) is 3. The van der Waals surface area contributed by atoms with Crippen molar-refractivity contribution in [2.75, 3.05) is 6.61 Å². The van der Waals surface area contributed by atoms with E-state index in [0.717, 1.165) is 0 Å². The van der Waals surface area contributed by atoms with Gasteiger partial charge in [-0.05, 0) is 38.5 Å². The van der Waals surface area contributed by atoms with Gasteiger partial charge in [0.1, 0.15) is 0 Å². The molecule has 1 unspecified atom stereocenters. The van der Waals surface area contributed by atoms with Gasteiger partial charge >= 0.3 is 12.0 Å². The molecule has 1 atom stereocenters. The maximum absolute atomic E-state index is 12.0. The zero-order chi connectivity index (χ0) is 15.3. The van der Waals surface area contributed by atoms with Crippen LogP contribution >= 0.6 is 0 Å². The van der Waals surface area contributed by atoms with Crippen LogP contribution in [0, 0.1) is 11.8 Å². The molecule has 0 aromatic heterocycles. The summed E-state index contributed by atoms with van der Waals surface area (Å²) in [5.41, 5.74) is -0.650. The Bertz CT molecular complexity index is 351. The van der Waals surface area contributed by atoms with Crippen molar-refractivity contribution in [2.24, 2.45) is 11.8 Å². The lowest BCUT2D eigenvalue weighted by Crippen LogP contribution is -2.57. The first-order valence-electron chi connectivity index (χ1n) is 7.21. The lowest BCUT2D eigenvalue weighted by molar-refractivity contribution is -0.142. The molecule has 1 aliphatic carbocycles. The summed E-state index contributed by atoms with van der Waals surface area (Å²) in [6, 6.07) is -0.283. The number of carboxylic acid groups (broad SMARTS) is 1. The minimum absolute atomic E-state index is 0.0145. The lowest BCUT2D eigenvalue weighted by Gasteiger charge is -2.34. The Hall–Kier alpha value is -1.30. The molecule has 1 fully saturated rings. The largest absolute Gasteiger partial charge is 0.481 e. The second kappa shape index (κ2) is 6.92. The number of urea groups is 1. The van der Waals surface area contributed by atoms with Gasteiger partial charge in [0, 0.05) is 6.04 Å². The number of carbonyl (C=O) groups excluding carboxylic acids is 1. The van der Waals surface area contributed by atoms with Crippen LogP contribution in [0.1, 0.15) is 46.5 Å². The Balaban J connectivity index is 2.42. The third-order valence-electron chi connectivity index (χ3n) is 4.41. The number of amides is 2. The maximum atomic E-state index is 12.0. The van der Waals surface area contributed by atoms with Crippen LogP contribution < -0.4 is 10.6 Å². The fourth-order valence-corrected chi connectivity index (χ4v) is 2.33. The highest BCUT2D eigenvalue weighted by atomic mass is 16.4. The van der Waals surface area contributed by atoms with Gasteiger partial charge in [0.2, 0.25) is 0 Å². The molecule has 0 radical (unpaired) electrons. The Labute approximate surface area is 119 Å². The normalized spacial score (nSPS) is 25.9. The fourth-order valence-electron chi connectivity index (χ4n) is 2.33. The van der Waals surface area contributed by atoms with Crippen molar-refractivity contribution < 1.29 is 19.8 Å². The molecule has 2 amide bonds. The van der Waals surface area contributed by atoms with E-state index in [1.54, 1.807) is 6.92 Å². The Morgan fingerprint density at radius 3 is 2.20 bits per heavy atom. The molecule has 0 aromatic carbocycles. The van der Waals surface area contributed by atoms with Crippen LogP contribution in [0.2, 0.25) is 0 Å². The van der Waals surface area contributed by atoms with Crippen LogP contribution in [0.3, 0.4) is 0 Å². The molecule has 4 N–H and O–H groups in total. The molecule has 6 nitrogen and oxygen atoms in total. The summed E-state index contributed by atoms with van der Waals surface area (Å²) in [6.45, 7) is 5.56. The number of rotatable bonds is 5.